The van der Waals surface area contributed by atoms with Gasteiger partial charge in [0.15, 0.2) is 22.9 Å². The summed E-state index contributed by atoms with van der Waals surface area (Å²) < 4.78 is 11.2. The van der Waals surface area contributed by atoms with Crippen molar-refractivity contribution in [2.24, 2.45) is 0 Å². The van der Waals surface area contributed by atoms with Gasteiger partial charge in [-0.05, 0) is 50.3 Å². The minimum Gasteiger partial charge on any atom is -0.503 e. The van der Waals surface area contributed by atoms with Crippen molar-refractivity contribution in [1.29, 1.82) is 0 Å². The Labute approximate surface area is 198 Å². The lowest BCUT2D eigenvalue weighted by Gasteiger charge is -2.27. The highest BCUT2D eigenvalue weighted by Crippen LogP contribution is 2.39. The van der Waals surface area contributed by atoms with Gasteiger partial charge in [-0.25, -0.2) is 0 Å². The number of nitrogens with zero attached hydrogens (tertiary/aromatic N) is 3. The van der Waals surface area contributed by atoms with E-state index < -0.39 is 23.5 Å². The van der Waals surface area contributed by atoms with Crippen LogP contribution in [0, 0.1) is 0 Å². The second-order valence-corrected chi connectivity index (χ2v) is 8.12. The Morgan fingerprint density at radius 1 is 1.21 bits per heavy atom. The summed E-state index contributed by atoms with van der Waals surface area (Å²) >= 11 is 0. The predicted octanol–water partition coefficient (Wildman–Crippen LogP) is 4.15. The SMILES string of the molecule is CCN(CC)CCCN1C(=O)C(O)=C(C(=O)c2cc3cccc(OC)c3o2)C1c1ccccn1. The molecule has 8 nitrogen and oxygen atoms in total. The Hall–Kier alpha value is -3.65. The average Bonchev–Trinajstić information content (AvgIpc) is 3.41. The summed E-state index contributed by atoms with van der Waals surface area (Å²) in [7, 11) is 1.52. The highest BCUT2D eigenvalue weighted by atomic mass is 16.5. The maximum Gasteiger partial charge on any atom is 0.290 e. The third kappa shape index (κ3) is 4.28. The monoisotopic (exact) mass is 463 g/mol. The van der Waals surface area contributed by atoms with Crippen LogP contribution in [0.3, 0.4) is 0 Å². The van der Waals surface area contributed by atoms with Crippen LogP contribution in [0.15, 0.2) is 64.4 Å². The lowest BCUT2D eigenvalue weighted by atomic mass is 9.98. The maximum atomic E-state index is 13.6. The van der Waals surface area contributed by atoms with Crippen LogP contribution >= 0.6 is 0 Å². The summed E-state index contributed by atoms with van der Waals surface area (Å²) in [4.78, 5) is 34.9. The van der Waals surface area contributed by atoms with Crippen molar-refractivity contribution < 1.29 is 23.8 Å². The van der Waals surface area contributed by atoms with Gasteiger partial charge in [0.1, 0.15) is 6.04 Å². The molecule has 2 aromatic heterocycles. The highest BCUT2D eigenvalue weighted by molar-refractivity contribution is 6.16. The number of ether oxygens (including phenoxy) is 1. The van der Waals surface area contributed by atoms with E-state index in [0.29, 0.717) is 35.4 Å². The molecule has 178 valence electrons. The lowest BCUT2D eigenvalue weighted by Crippen LogP contribution is -2.34. The fourth-order valence-corrected chi connectivity index (χ4v) is 4.41. The van der Waals surface area contributed by atoms with Gasteiger partial charge in [-0.15, -0.1) is 0 Å². The molecule has 0 bridgehead atoms. The molecule has 0 spiro atoms. The van der Waals surface area contributed by atoms with E-state index in [4.69, 9.17) is 9.15 Å². The van der Waals surface area contributed by atoms with Crippen LogP contribution in [0.25, 0.3) is 11.0 Å². The summed E-state index contributed by atoms with van der Waals surface area (Å²) in [5, 5.41) is 11.5. The van der Waals surface area contributed by atoms with E-state index in [1.807, 2.05) is 6.07 Å². The number of carbonyl (C=O) groups excluding carboxylic acids is 2. The second-order valence-electron chi connectivity index (χ2n) is 8.12. The normalized spacial score (nSPS) is 16.2. The maximum absolute atomic E-state index is 13.6. The van der Waals surface area contributed by atoms with Crippen molar-refractivity contribution in [3.05, 3.63) is 71.4 Å². The van der Waals surface area contributed by atoms with Crippen molar-refractivity contribution in [3.8, 4) is 5.75 Å². The smallest absolute Gasteiger partial charge is 0.290 e. The quantitative estimate of drug-likeness (QED) is 0.451. The van der Waals surface area contributed by atoms with E-state index in [2.05, 4.69) is 23.7 Å². The Kier molecular flexibility index (Phi) is 6.98. The van der Waals surface area contributed by atoms with Crippen LogP contribution in [0.2, 0.25) is 0 Å². The lowest BCUT2D eigenvalue weighted by molar-refractivity contribution is -0.129. The molecule has 0 aliphatic carbocycles. The molecule has 1 unspecified atom stereocenters. The zero-order valence-corrected chi connectivity index (χ0v) is 19.7. The van der Waals surface area contributed by atoms with Gasteiger partial charge in [-0.1, -0.05) is 32.0 Å². The van der Waals surface area contributed by atoms with Gasteiger partial charge < -0.3 is 24.1 Å². The summed E-state index contributed by atoms with van der Waals surface area (Å²) in [5.41, 5.74) is 0.924. The number of hydrogen-bond donors (Lipinski definition) is 1. The molecule has 0 saturated carbocycles. The van der Waals surface area contributed by atoms with Gasteiger partial charge in [0.05, 0.1) is 18.4 Å². The van der Waals surface area contributed by atoms with Gasteiger partial charge in [0.2, 0.25) is 5.78 Å². The van der Waals surface area contributed by atoms with E-state index in [9.17, 15) is 14.7 Å². The third-order valence-corrected chi connectivity index (χ3v) is 6.24. The molecule has 1 N–H and O–H groups in total. The van der Waals surface area contributed by atoms with E-state index in [-0.39, 0.29) is 11.3 Å². The minimum absolute atomic E-state index is 0.0236. The molecule has 34 heavy (non-hydrogen) atoms. The number of aliphatic hydroxyl groups excluding tert-OH is 1. The number of aromatic nitrogens is 1. The summed E-state index contributed by atoms with van der Waals surface area (Å²) in [6.07, 6.45) is 2.31. The molecule has 4 rings (SSSR count). The molecule has 1 amide bonds. The van der Waals surface area contributed by atoms with Gasteiger partial charge in [-0.2, -0.15) is 0 Å². The summed E-state index contributed by atoms with van der Waals surface area (Å²) in [5.74, 6) is -1.16. The van der Waals surface area contributed by atoms with Gasteiger partial charge in [0, 0.05) is 18.1 Å². The first-order valence-electron chi connectivity index (χ1n) is 11.5. The van der Waals surface area contributed by atoms with E-state index in [1.54, 1.807) is 42.6 Å². The molecule has 3 heterocycles. The van der Waals surface area contributed by atoms with Crippen LogP contribution < -0.4 is 4.74 Å². The number of rotatable bonds is 10. The molecule has 0 radical (unpaired) electrons. The number of pyridine rings is 1. The topological polar surface area (TPSA) is 96.1 Å². The summed E-state index contributed by atoms with van der Waals surface area (Å²) in [6.45, 7) is 7.19. The molecule has 1 atom stereocenters. The number of benzene rings is 1. The van der Waals surface area contributed by atoms with Crippen LogP contribution in [-0.2, 0) is 4.79 Å². The number of methoxy groups -OCH3 is 1. The van der Waals surface area contributed by atoms with Crippen molar-refractivity contribution in [2.75, 3.05) is 33.3 Å². The number of fused-ring (bicyclic) bond motifs is 1. The van der Waals surface area contributed by atoms with Crippen LogP contribution in [0.5, 0.6) is 5.75 Å². The number of aliphatic hydroxyl groups is 1. The molecular weight excluding hydrogens is 434 g/mol. The zero-order valence-electron chi connectivity index (χ0n) is 19.7. The Morgan fingerprint density at radius 3 is 2.68 bits per heavy atom. The first-order chi connectivity index (χ1) is 16.5. The number of hydrogen-bond acceptors (Lipinski definition) is 7. The van der Waals surface area contributed by atoms with Gasteiger partial charge in [0.25, 0.3) is 5.91 Å². The second kappa shape index (κ2) is 10.1. The number of ketones is 1. The number of carbonyl (C=O) groups is 2. The first kappa shape index (κ1) is 23.5. The summed E-state index contributed by atoms with van der Waals surface area (Å²) in [6, 6.07) is 11.5. The van der Waals surface area contributed by atoms with Crippen molar-refractivity contribution in [2.45, 2.75) is 26.3 Å². The molecular formula is C26H29N3O5. The Morgan fingerprint density at radius 2 is 2.00 bits per heavy atom. The van der Waals surface area contributed by atoms with Crippen molar-refractivity contribution in [1.82, 2.24) is 14.8 Å². The van der Waals surface area contributed by atoms with Crippen LogP contribution in [0.1, 0.15) is 42.6 Å². The van der Waals surface area contributed by atoms with Crippen molar-refractivity contribution in [3.63, 3.8) is 0 Å². The van der Waals surface area contributed by atoms with Crippen LogP contribution in [0.4, 0.5) is 0 Å². The molecule has 3 aromatic rings. The molecule has 0 saturated heterocycles. The minimum atomic E-state index is -0.798. The Bertz CT molecular complexity index is 1210. The largest absolute Gasteiger partial charge is 0.503 e. The standard InChI is InChI=1S/C26H29N3O5/c1-4-28(5-2)14-9-15-29-22(18-11-6-7-13-27-18)21(24(31)26(29)32)23(30)20-16-17-10-8-12-19(33-3)25(17)34-20/h6-8,10-13,16,22,31H,4-5,9,14-15H2,1-3H3. The third-order valence-electron chi connectivity index (χ3n) is 6.24. The molecule has 1 aliphatic heterocycles. The molecule has 0 fully saturated rings. The van der Waals surface area contributed by atoms with Crippen molar-refractivity contribution >= 4 is 22.7 Å². The fraction of sp³-hybridized carbons (Fsp3) is 0.346. The predicted molar refractivity (Wildman–Crippen MR) is 128 cm³/mol. The van der Waals surface area contributed by atoms with Gasteiger partial charge >= 0.3 is 0 Å². The van der Waals surface area contributed by atoms with Crippen LogP contribution in [-0.4, -0.2) is 64.9 Å². The highest BCUT2D eigenvalue weighted by Gasteiger charge is 2.45. The molecule has 1 aromatic carbocycles. The Balaban J connectivity index is 1.70. The average molecular weight is 464 g/mol. The van der Waals surface area contributed by atoms with E-state index in [1.165, 1.54) is 12.0 Å². The number of furan rings is 1. The van der Waals surface area contributed by atoms with E-state index in [0.717, 1.165) is 19.6 Å². The fourth-order valence-electron chi connectivity index (χ4n) is 4.41. The number of para-hydroxylation sites is 1. The number of Topliss-reactive ketones (excluding diaryl/α,β-unsaturated/α-hetero) is 1. The van der Waals surface area contributed by atoms with E-state index >= 15 is 0 Å². The molecule has 8 heteroatoms. The van der Waals surface area contributed by atoms with Gasteiger partial charge in [-0.3, -0.25) is 14.6 Å². The number of amides is 1. The zero-order chi connectivity index (χ0) is 24.2. The molecule has 1 aliphatic rings. The first-order valence-corrected chi connectivity index (χ1v) is 11.5.